The van der Waals surface area contributed by atoms with E-state index < -0.39 is 4.92 Å². The first-order valence-electron chi connectivity index (χ1n) is 6.43. The molecule has 2 aromatic rings. The van der Waals surface area contributed by atoms with Crippen LogP contribution in [0.5, 0.6) is 5.75 Å². The van der Waals surface area contributed by atoms with Crippen LogP contribution in [-0.2, 0) is 0 Å². The van der Waals surface area contributed by atoms with Gasteiger partial charge in [0.15, 0.2) is 6.29 Å². The summed E-state index contributed by atoms with van der Waals surface area (Å²) in [5.41, 5.74) is 0.109. The van der Waals surface area contributed by atoms with E-state index in [0.717, 1.165) is 6.07 Å². The quantitative estimate of drug-likeness (QED) is 0.515. The van der Waals surface area contributed by atoms with Gasteiger partial charge in [0.05, 0.1) is 11.0 Å². The largest absolute Gasteiger partial charge is 0.507 e. The molecule has 0 spiro atoms. The minimum Gasteiger partial charge on any atom is -0.507 e. The number of non-ortho nitro benzene ring substituents is 1. The number of nitrogens with one attached hydrogen (secondary N) is 1. The van der Waals surface area contributed by atoms with Crippen molar-refractivity contribution >= 4 is 22.7 Å². The fourth-order valence-corrected chi connectivity index (χ4v) is 1.62. The predicted octanol–water partition coefficient (Wildman–Crippen LogP) is 2.88. The van der Waals surface area contributed by atoms with Crippen LogP contribution in [0.1, 0.15) is 24.2 Å². The van der Waals surface area contributed by atoms with Crippen LogP contribution in [0.15, 0.2) is 30.3 Å². The minimum atomic E-state index is -0.591. The molecule has 0 aliphatic carbocycles. The molecule has 0 fully saturated rings. The average molecular weight is 290 g/mol. The van der Waals surface area contributed by atoms with Crippen molar-refractivity contribution in [1.29, 1.82) is 0 Å². The lowest BCUT2D eigenvalue weighted by Gasteiger charge is -2.03. The number of benzene rings is 2. The molecule has 2 N–H and O–H groups in total. The third kappa shape index (κ3) is 4.25. The fourth-order valence-electron chi connectivity index (χ4n) is 1.62. The summed E-state index contributed by atoms with van der Waals surface area (Å²) in [4.78, 5) is 20.7. The minimum absolute atomic E-state index is 0.201. The Hall–Kier alpha value is -2.47. The lowest BCUT2D eigenvalue weighted by molar-refractivity contribution is -0.384. The van der Waals surface area contributed by atoms with Crippen molar-refractivity contribution in [3.63, 3.8) is 0 Å². The first-order chi connectivity index (χ1) is 9.90. The summed E-state index contributed by atoms with van der Waals surface area (Å²) in [6, 6.07) is 7.75. The zero-order valence-electron chi connectivity index (χ0n) is 12.2. The van der Waals surface area contributed by atoms with E-state index in [9.17, 15) is 20.0 Å². The molecule has 0 bridgehead atoms. The fraction of sp³-hybridized carbons (Fsp3) is 0.267. The smallest absolute Gasteiger partial charge is 0.273 e. The lowest BCUT2D eigenvalue weighted by atomic mass is 10.0. The number of phenolic OH excluding ortho intramolecular Hbond substituents is 1. The molecule has 2 rings (SSSR count). The second-order valence-corrected chi connectivity index (χ2v) is 4.73. The Kier molecular flexibility index (Phi) is 5.80. The van der Waals surface area contributed by atoms with Gasteiger partial charge in [-0.2, -0.15) is 0 Å². The number of nitrogens with zero attached hydrogens (tertiary/aromatic N) is 1. The van der Waals surface area contributed by atoms with E-state index in [1.54, 1.807) is 18.2 Å². The van der Waals surface area contributed by atoms with Crippen molar-refractivity contribution < 1.29 is 14.8 Å². The molecular weight excluding hydrogens is 272 g/mol. The van der Waals surface area contributed by atoms with Crippen molar-refractivity contribution in [3.05, 3.63) is 46.0 Å². The molecule has 0 amide bonds. The van der Waals surface area contributed by atoms with E-state index in [-0.39, 0.29) is 11.4 Å². The Morgan fingerprint density at radius 2 is 1.95 bits per heavy atom. The van der Waals surface area contributed by atoms with Gasteiger partial charge < -0.3 is 10.4 Å². The highest BCUT2D eigenvalue weighted by Gasteiger charge is 2.12. The molecule has 0 aliphatic heterocycles. The van der Waals surface area contributed by atoms with Crippen molar-refractivity contribution in [2.75, 3.05) is 7.05 Å². The van der Waals surface area contributed by atoms with Gasteiger partial charge in [0, 0.05) is 23.1 Å². The highest BCUT2D eigenvalue weighted by atomic mass is 16.6. The zero-order chi connectivity index (χ0) is 16.0. The van der Waals surface area contributed by atoms with E-state index in [1.165, 1.54) is 6.07 Å². The molecule has 112 valence electrons. The molecular formula is C15H18N2O4. The summed E-state index contributed by atoms with van der Waals surface area (Å²) in [6.45, 7) is 4.22. The molecule has 0 radical (unpaired) electrons. The number of hydrogen-bond donors (Lipinski definition) is 2. The molecule has 0 aliphatic rings. The van der Waals surface area contributed by atoms with E-state index in [2.05, 4.69) is 19.2 Å². The topological polar surface area (TPSA) is 92.5 Å². The Bertz CT molecular complexity index is 653. The Morgan fingerprint density at radius 3 is 2.43 bits per heavy atom. The molecule has 6 nitrogen and oxygen atoms in total. The van der Waals surface area contributed by atoms with Crippen LogP contribution in [0.25, 0.3) is 10.8 Å². The predicted molar refractivity (Wildman–Crippen MR) is 81.9 cm³/mol. The number of nitro groups is 1. The van der Waals surface area contributed by atoms with Gasteiger partial charge >= 0.3 is 0 Å². The van der Waals surface area contributed by atoms with Crippen LogP contribution in [0.3, 0.4) is 0 Å². The van der Waals surface area contributed by atoms with Gasteiger partial charge in [-0.3, -0.25) is 14.9 Å². The molecule has 0 aromatic heterocycles. The number of phenols is 1. The maximum absolute atomic E-state index is 10.7. The number of carbonyl (C=O) groups excluding carboxylic acids is 1. The van der Waals surface area contributed by atoms with E-state index in [1.807, 2.05) is 7.05 Å². The van der Waals surface area contributed by atoms with Gasteiger partial charge in [-0.15, -0.1) is 0 Å². The third-order valence-corrected chi connectivity index (χ3v) is 2.89. The SMILES string of the molecule is CNC(C)C.O=Cc1cccc2cc([N+](=O)[O-])cc(O)c12. The summed E-state index contributed by atoms with van der Waals surface area (Å²) >= 11 is 0. The highest BCUT2D eigenvalue weighted by molar-refractivity contribution is 6.02. The maximum Gasteiger partial charge on any atom is 0.273 e. The standard InChI is InChI=1S/C11H7NO4.C4H11N/c13-6-8-3-1-2-7-4-9(12(15)16)5-10(14)11(7)8;1-4(2)5-3/h1-6,14H;4-5H,1-3H3. The van der Waals surface area contributed by atoms with Gasteiger partial charge in [0.25, 0.3) is 5.69 Å². The van der Waals surface area contributed by atoms with Gasteiger partial charge in [0.2, 0.25) is 0 Å². The maximum atomic E-state index is 10.7. The van der Waals surface area contributed by atoms with Crippen molar-refractivity contribution in [3.8, 4) is 5.75 Å². The Labute approximate surface area is 122 Å². The number of carbonyl (C=O) groups is 1. The van der Waals surface area contributed by atoms with E-state index in [4.69, 9.17) is 0 Å². The van der Waals surface area contributed by atoms with Crippen LogP contribution in [-0.4, -0.2) is 29.4 Å². The molecule has 6 heteroatoms. The molecule has 21 heavy (non-hydrogen) atoms. The van der Waals surface area contributed by atoms with Crippen LogP contribution in [0.2, 0.25) is 0 Å². The van der Waals surface area contributed by atoms with Gasteiger partial charge in [-0.05, 0) is 12.4 Å². The molecule has 2 aromatic carbocycles. The number of fused-ring (bicyclic) bond motifs is 1. The number of hydrogen-bond acceptors (Lipinski definition) is 5. The third-order valence-electron chi connectivity index (χ3n) is 2.89. The first kappa shape index (κ1) is 16.6. The van der Waals surface area contributed by atoms with Crippen molar-refractivity contribution in [2.45, 2.75) is 19.9 Å². The zero-order valence-corrected chi connectivity index (χ0v) is 12.2. The summed E-state index contributed by atoms with van der Waals surface area (Å²) in [7, 11) is 1.95. The monoisotopic (exact) mass is 290 g/mol. The molecule has 0 saturated carbocycles. The Balaban J connectivity index is 0.000000383. The lowest BCUT2D eigenvalue weighted by Crippen LogP contribution is -2.15. The highest BCUT2D eigenvalue weighted by Crippen LogP contribution is 2.31. The second kappa shape index (κ2) is 7.35. The van der Waals surface area contributed by atoms with Gasteiger partial charge in [0.1, 0.15) is 5.75 Å². The summed E-state index contributed by atoms with van der Waals surface area (Å²) < 4.78 is 0. The second-order valence-electron chi connectivity index (χ2n) is 4.73. The number of rotatable bonds is 3. The van der Waals surface area contributed by atoms with E-state index in [0.29, 0.717) is 28.7 Å². The van der Waals surface area contributed by atoms with Crippen LogP contribution in [0.4, 0.5) is 5.69 Å². The molecule has 0 saturated heterocycles. The van der Waals surface area contributed by atoms with Crippen LogP contribution >= 0.6 is 0 Å². The average Bonchev–Trinajstić information content (AvgIpc) is 2.46. The summed E-state index contributed by atoms with van der Waals surface area (Å²) in [5.74, 6) is -0.257. The number of nitro benzene ring substituents is 1. The first-order valence-corrected chi connectivity index (χ1v) is 6.43. The van der Waals surface area contributed by atoms with Crippen molar-refractivity contribution in [1.82, 2.24) is 5.32 Å². The number of aldehydes is 1. The van der Waals surface area contributed by atoms with Gasteiger partial charge in [-0.1, -0.05) is 32.0 Å². The van der Waals surface area contributed by atoms with E-state index >= 15 is 0 Å². The molecule has 0 heterocycles. The van der Waals surface area contributed by atoms with Crippen LogP contribution < -0.4 is 5.32 Å². The van der Waals surface area contributed by atoms with Crippen LogP contribution in [0, 0.1) is 10.1 Å². The molecule has 0 unspecified atom stereocenters. The molecule has 0 atom stereocenters. The summed E-state index contributed by atoms with van der Waals surface area (Å²) in [6.07, 6.45) is 0.605. The van der Waals surface area contributed by atoms with Crippen molar-refractivity contribution in [2.24, 2.45) is 0 Å². The van der Waals surface area contributed by atoms with Gasteiger partial charge in [-0.25, -0.2) is 0 Å². The number of aromatic hydroxyl groups is 1. The Morgan fingerprint density at radius 1 is 1.33 bits per heavy atom. The summed E-state index contributed by atoms with van der Waals surface area (Å²) in [5, 5.41) is 24.1. The normalized spacial score (nSPS) is 10.1.